The number of aliphatic hydroxyl groups is 2. The lowest BCUT2D eigenvalue weighted by Crippen LogP contribution is -2.39. The molecule has 0 heterocycles. The number of carboxylic acids is 3. The van der Waals surface area contributed by atoms with Crippen LogP contribution in [0.3, 0.4) is 0 Å². The molecule has 0 aromatic heterocycles. The van der Waals surface area contributed by atoms with Gasteiger partial charge < -0.3 is 25.5 Å². The van der Waals surface area contributed by atoms with E-state index in [-0.39, 0.29) is 11.6 Å². The highest BCUT2D eigenvalue weighted by Gasteiger charge is 2.29. The summed E-state index contributed by atoms with van der Waals surface area (Å²) in [5, 5.41) is 41.0. The van der Waals surface area contributed by atoms with Crippen LogP contribution >= 0.6 is 0 Å². The maximum atomic E-state index is 10.3. The van der Waals surface area contributed by atoms with Crippen molar-refractivity contribution in [2.45, 2.75) is 136 Å². The smallest absolute Gasteiger partial charge is 0.335 e. The van der Waals surface area contributed by atoms with E-state index in [1.807, 2.05) is 0 Å². The fourth-order valence-corrected chi connectivity index (χ4v) is 2.92. The van der Waals surface area contributed by atoms with E-state index < -0.39 is 30.1 Å². The summed E-state index contributed by atoms with van der Waals surface area (Å²) in [6.45, 7) is 4.77. The van der Waals surface area contributed by atoms with Crippen LogP contribution < -0.4 is 0 Å². The average molecular weight is 521 g/mol. The first kappa shape index (κ1) is 38.2. The second-order valence-electron chi connectivity index (χ2n) is 8.77. The summed E-state index contributed by atoms with van der Waals surface area (Å²) in [5.41, 5.74) is 0. The highest BCUT2D eigenvalue weighted by Crippen LogP contribution is 2.13. The van der Waals surface area contributed by atoms with Crippen LogP contribution in [0, 0.1) is 0 Å². The van der Waals surface area contributed by atoms with Crippen molar-refractivity contribution in [2.24, 2.45) is 0 Å². The summed E-state index contributed by atoms with van der Waals surface area (Å²) in [5.74, 6) is -4.95. The molecule has 0 rings (SSSR count). The maximum absolute atomic E-state index is 10.3. The number of rotatable bonds is 20. The third kappa shape index (κ3) is 31.7. The van der Waals surface area contributed by atoms with Crippen LogP contribution in [0.15, 0.2) is 0 Å². The van der Waals surface area contributed by atoms with Crippen LogP contribution in [0.5, 0.6) is 0 Å². The summed E-state index contributed by atoms with van der Waals surface area (Å²) >= 11 is 0. The lowest BCUT2D eigenvalue weighted by atomic mass is 10.0. The molecular formula is C26H48O10. The SMILES string of the molecule is CC(=O)C(C)=O.CCCCCCCCCCCCCCCCCC(=O)O.O=C(O)C(O)C(O)C(=O)O. The molecule has 0 spiro atoms. The minimum absolute atomic E-state index is 0.345. The highest BCUT2D eigenvalue weighted by atomic mass is 16.4. The molecule has 0 amide bonds. The third-order valence-electron chi connectivity index (χ3n) is 5.30. The Morgan fingerprint density at radius 1 is 0.500 bits per heavy atom. The van der Waals surface area contributed by atoms with Crippen LogP contribution in [0.2, 0.25) is 0 Å². The highest BCUT2D eigenvalue weighted by molar-refractivity contribution is 6.35. The van der Waals surface area contributed by atoms with Gasteiger partial charge in [0.2, 0.25) is 0 Å². The first-order valence-corrected chi connectivity index (χ1v) is 12.9. The zero-order chi connectivity index (χ0) is 28.4. The fourth-order valence-electron chi connectivity index (χ4n) is 2.92. The molecule has 0 bridgehead atoms. The molecule has 0 aromatic rings. The second kappa shape index (κ2) is 27.3. The van der Waals surface area contributed by atoms with Gasteiger partial charge in [0.15, 0.2) is 23.8 Å². The van der Waals surface area contributed by atoms with E-state index >= 15 is 0 Å². The Morgan fingerprint density at radius 2 is 0.750 bits per heavy atom. The molecule has 0 radical (unpaired) electrons. The van der Waals surface area contributed by atoms with Crippen molar-refractivity contribution in [3.05, 3.63) is 0 Å². The Bertz CT molecular complexity index is 574. The van der Waals surface area contributed by atoms with Crippen molar-refractivity contribution < 1.29 is 49.5 Å². The van der Waals surface area contributed by atoms with Gasteiger partial charge in [0.05, 0.1) is 0 Å². The number of aliphatic hydroxyl groups excluding tert-OH is 2. The minimum Gasteiger partial charge on any atom is -0.481 e. The summed E-state index contributed by atoms with van der Waals surface area (Å²) in [6, 6.07) is 0. The molecule has 5 N–H and O–H groups in total. The van der Waals surface area contributed by atoms with Crippen LogP contribution in [-0.4, -0.2) is 67.2 Å². The van der Waals surface area contributed by atoms with Crippen molar-refractivity contribution in [1.29, 1.82) is 0 Å². The van der Waals surface area contributed by atoms with Crippen LogP contribution in [-0.2, 0) is 24.0 Å². The zero-order valence-corrected chi connectivity index (χ0v) is 22.2. The first-order chi connectivity index (χ1) is 16.9. The lowest BCUT2D eigenvalue weighted by molar-refractivity contribution is -0.165. The number of carbonyl (C=O) groups is 5. The zero-order valence-electron chi connectivity index (χ0n) is 22.2. The molecule has 0 aromatic carbocycles. The van der Waals surface area contributed by atoms with E-state index in [2.05, 4.69) is 6.92 Å². The van der Waals surface area contributed by atoms with E-state index in [1.165, 1.54) is 97.3 Å². The first-order valence-electron chi connectivity index (χ1n) is 12.9. The molecule has 10 heteroatoms. The summed E-state index contributed by atoms with van der Waals surface area (Å²) in [4.78, 5) is 49.5. The third-order valence-corrected chi connectivity index (χ3v) is 5.30. The lowest BCUT2D eigenvalue weighted by Gasteiger charge is -2.07. The molecule has 2 atom stereocenters. The van der Waals surface area contributed by atoms with Crippen molar-refractivity contribution in [3.8, 4) is 0 Å². The number of hydrogen-bond acceptors (Lipinski definition) is 7. The molecule has 0 aliphatic heterocycles. The quantitative estimate of drug-likeness (QED) is 0.114. The number of Topliss-reactive ketones (excluding diaryl/α,β-unsaturated/α-hetero) is 2. The number of carbonyl (C=O) groups excluding carboxylic acids is 2. The Morgan fingerprint density at radius 3 is 0.944 bits per heavy atom. The molecule has 0 fully saturated rings. The largest absolute Gasteiger partial charge is 0.481 e. The molecule has 212 valence electrons. The molecule has 0 saturated carbocycles. The van der Waals surface area contributed by atoms with Crippen LogP contribution in [0.4, 0.5) is 0 Å². The van der Waals surface area contributed by atoms with Gasteiger partial charge in [-0.15, -0.1) is 0 Å². The van der Waals surface area contributed by atoms with Gasteiger partial charge in [0, 0.05) is 20.3 Å². The van der Waals surface area contributed by atoms with Gasteiger partial charge in [0.25, 0.3) is 0 Å². The molecular weight excluding hydrogens is 472 g/mol. The van der Waals surface area contributed by atoms with Gasteiger partial charge in [-0.2, -0.15) is 0 Å². The topological polar surface area (TPSA) is 186 Å². The predicted molar refractivity (Wildman–Crippen MR) is 136 cm³/mol. The number of carboxylic acid groups (broad SMARTS) is 3. The van der Waals surface area contributed by atoms with Crippen LogP contribution in [0.1, 0.15) is 124 Å². The standard InChI is InChI=1S/C18H36O2.C4H6O6.C4H6O2/c1-2-3-4-5-6-7-8-9-10-11-12-13-14-15-16-17-18(19)20;5-1(3(7)8)2(6)4(9)10;1-3(5)4(2)6/h2-17H2,1H3,(H,19,20);1-2,5-6H,(H,7,8)(H,9,10);1-2H3. The van der Waals surface area contributed by atoms with Crippen molar-refractivity contribution in [2.75, 3.05) is 0 Å². The van der Waals surface area contributed by atoms with E-state index in [4.69, 9.17) is 25.5 Å². The van der Waals surface area contributed by atoms with Crippen LogP contribution in [0.25, 0.3) is 0 Å². The van der Waals surface area contributed by atoms with Gasteiger partial charge in [-0.3, -0.25) is 14.4 Å². The summed E-state index contributed by atoms with van der Waals surface area (Å²) in [7, 11) is 0. The van der Waals surface area contributed by atoms with Gasteiger partial charge in [-0.25, -0.2) is 9.59 Å². The van der Waals surface area contributed by atoms with Gasteiger partial charge in [-0.05, 0) is 6.42 Å². The number of ketones is 2. The Labute approximate surface area is 215 Å². The summed E-state index contributed by atoms with van der Waals surface area (Å²) < 4.78 is 0. The Kier molecular flexibility index (Phi) is 28.9. The van der Waals surface area contributed by atoms with Gasteiger partial charge >= 0.3 is 17.9 Å². The normalized spacial score (nSPS) is 11.7. The van der Waals surface area contributed by atoms with E-state index in [9.17, 15) is 24.0 Å². The second-order valence-corrected chi connectivity index (χ2v) is 8.77. The molecule has 0 aliphatic carbocycles. The van der Waals surface area contributed by atoms with Crippen molar-refractivity contribution >= 4 is 29.5 Å². The van der Waals surface area contributed by atoms with Crippen molar-refractivity contribution in [1.82, 2.24) is 0 Å². The predicted octanol–water partition coefficient (Wildman–Crippen LogP) is 4.37. The molecule has 2 unspecified atom stereocenters. The van der Waals surface area contributed by atoms with E-state index in [0.717, 1.165) is 12.8 Å². The molecule has 10 nitrogen and oxygen atoms in total. The Hall–Kier alpha value is -2.33. The van der Waals surface area contributed by atoms with E-state index in [0.29, 0.717) is 6.42 Å². The van der Waals surface area contributed by atoms with Gasteiger partial charge in [-0.1, -0.05) is 96.8 Å². The maximum Gasteiger partial charge on any atom is 0.335 e. The number of hydrogen-bond donors (Lipinski definition) is 5. The monoisotopic (exact) mass is 520 g/mol. The van der Waals surface area contributed by atoms with E-state index in [1.54, 1.807) is 0 Å². The number of unbranched alkanes of at least 4 members (excludes halogenated alkanes) is 14. The molecule has 0 saturated heterocycles. The molecule has 36 heavy (non-hydrogen) atoms. The number of aliphatic carboxylic acids is 3. The molecule has 0 aliphatic rings. The Balaban J connectivity index is -0.000000561. The van der Waals surface area contributed by atoms with Gasteiger partial charge in [0.1, 0.15) is 0 Å². The fraction of sp³-hybridized carbons (Fsp3) is 0.808. The summed E-state index contributed by atoms with van der Waals surface area (Å²) in [6.07, 6.45) is 15.7. The minimum atomic E-state index is -2.27. The van der Waals surface area contributed by atoms with Crippen molar-refractivity contribution in [3.63, 3.8) is 0 Å². The average Bonchev–Trinajstić information content (AvgIpc) is 2.81.